The maximum Gasteiger partial charge on any atom is 0.453 e. The van der Waals surface area contributed by atoms with Crippen molar-refractivity contribution in [2.75, 3.05) is 13.1 Å². The molecule has 4 aromatic rings. The van der Waals surface area contributed by atoms with Crippen LogP contribution in [0.3, 0.4) is 0 Å². The van der Waals surface area contributed by atoms with E-state index >= 15 is 0 Å². The molecular formula is C34H36F3NO5. The van der Waals surface area contributed by atoms with E-state index in [2.05, 4.69) is 0 Å². The van der Waals surface area contributed by atoms with E-state index in [4.69, 9.17) is 13.9 Å². The Labute approximate surface area is 249 Å². The average Bonchev–Trinajstić information content (AvgIpc) is 2.93. The van der Waals surface area contributed by atoms with Crippen LogP contribution in [0.1, 0.15) is 70.6 Å². The van der Waals surface area contributed by atoms with Crippen molar-refractivity contribution in [1.82, 2.24) is 4.90 Å². The normalized spacial score (nSPS) is 11.8. The van der Waals surface area contributed by atoms with Crippen LogP contribution in [0.15, 0.2) is 57.7 Å². The van der Waals surface area contributed by atoms with Gasteiger partial charge >= 0.3 is 12.1 Å². The van der Waals surface area contributed by atoms with Crippen LogP contribution in [-0.4, -0.2) is 24.0 Å². The molecule has 0 N–H and O–H groups in total. The fraction of sp³-hybridized carbons (Fsp3) is 0.353. The molecule has 0 aliphatic rings. The van der Waals surface area contributed by atoms with Crippen molar-refractivity contribution in [2.45, 2.75) is 67.1 Å². The highest BCUT2D eigenvalue weighted by molar-refractivity contribution is 5.92. The monoisotopic (exact) mass is 595 g/mol. The SMILES string of the molecule is CCCN(CCC)Cc1c(OC(=O)c2ccc(C)cc2)ccc2c(=O)c(Oc3cc(C)cc(C)c3C)c(C(F)(F)F)oc12. The summed E-state index contributed by atoms with van der Waals surface area (Å²) in [4.78, 5) is 28.8. The third-order valence-electron chi connectivity index (χ3n) is 7.26. The number of fused-ring (bicyclic) bond motifs is 1. The smallest absolute Gasteiger partial charge is 0.449 e. The minimum absolute atomic E-state index is 0.0189. The van der Waals surface area contributed by atoms with Gasteiger partial charge in [0.2, 0.25) is 11.2 Å². The molecule has 0 aliphatic heterocycles. The molecule has 3 aromatic carbocycles. The Morgan fingerprint density at radius 3 is 2.14 bits per heavy atom. The third-order valence-corrected chi connectivity index (χ3v) is 7.26. The molecule has 228 valence electrons. The molecule has 1 aromatic heterocycles. The number of alkyl halides is 3. The van der Waals surface area contributed by atoms with Gasteiger partial charge in [-0.25, -0.2) is 4.79 Å². The summed E-state index contributed by atoms with van der Waals surface area (Å²) >= 11 is 0. The lowest BCUT2D eigenvalue weighted by atomic mass is 10.1. The molecule has 0 unspecified atom stereocenters. The number of halogens is 3. The maximum absolute atomic E-state index is 14.5. The van der Waals surface area contributed by atoms with Gasteiger partial charge in [-0.1, -0.05) is 37.6 Å². The van der Waals surface area contributed by atoms with E-state index < -0.39 is 29.1 Å². The summed E-state index contributed by atoms with van der Waals surface area (Å²) < 4.78 is 60.5. The first-order valence-electron chi connectivity index (χ1n) is 14.3. The summed E-state index contributed by atoms with van der Waals surface area (Å²) in [5, 5.41) is -0.108. The number of carbonyl (C=O) groups is 1. The molecule has 4 rings (SSSR count). The van der Waals surface area contributed by atoms with Gasteiger partial charge in [0.1, 0.15) is 17.1 Å². The largest absolute Gasteiger partial charge is 0.453 e. The van der Waals surface area contributed by atoms with Crippen LogP contribution in [0.2, 0.25) is 0 Å². The molecule has 9 heteroatoms. The zero-order valence-electron chi connectivity index (χ0n) is 25.3. The molecule has 0 aliphatic carbocycles. The molecule has 6 nitrogen and oxygen atoms in total. The van der Waals surface area contributed by atoms with Gasteiger partial charge < -0.3 is 13.9 Å². The second-order valence-corrected chi connectivity index (χ2v) is 10.8. The molecule has 1 heterocycles. The Morgan fingerprint density at radius 2 is 1.53 bits per heavy atom. The van der Waals surface area contributed by atoms with E-state index in [1.54, 1.807) is 44.2 Å². The number of aryl methyl sites for hydroxylation is 3. The molecule has 0 amide bonds. The zero-order chi connectivity index (χ0) is 31.5. The van der Waals surface area contributed by atoms with E-state index in [1.165, 1.54) is 12.1 Å². The van der Waals surface area contributed by atoms with Crippen molar-refractivity contribution in [3.63, 3.8) is 0 Å². The number of hydrogen-bond donors (Lipinski definition) is 0. The first kappa shape index (κ1) is 31.8. The van der Waals surface area contributed by atoms with Gasteiger partial charge in [0, 0.05) is 6.54 Å². The molecule has 0 atom stereocenters. The lowest BCUT2D eigenvalue weighted by Crippen LogP contribution is -2.26. The standard InChI is InChI=1S/C34H36F3NO5/c1-7-15-38(16-8-2)19-26-27(42-33(40)24-11-9-20(3)10-12-24)14-13-25-29(39)31(32(34(35,36)37)43-30(25)26)41-28-18-21(4)17-22(5)23(28)6/h9-14,17-18H,7-8,15-16,19H2,1-6H3. The van der Waals surface area contributed by atoms with E-state index in [-0.39, 0.29) is 40.1 Å². The van der Waals surface area contributed by atoms with Crippen molar-refractivity contribution in [3.05, 3.63) is 97.9 Å². The minimum Gasteiger partial charge on any atom is -0.449 e. The third kappa shape index (κ3) is 7.10. The van der Waals surface area contributed by atoms with Crippen molar-refractivity contribution in [2.24, 2.45) is 0 Å². The van der Waals surface area contributed by atoms with Gasteiger partial charge in [-0.15, -0.1) is 0 Å². The summed E-state index contributed by atoms with van der Waals surface area (Å²) in [5.74, 6) is -3.02. The molecular weight excluding hydrogens is 559 g/mol. The number of esters is 1. The predicted molar refractivity (Wildman–Crippen MR) is 160 cm³/mol. The van der Waals surface area contributed by atoms with E-state index in [0.29, 0.717) is 18.7 Å². The van der Waals surface area contributed by atoms with Crippen LogP contribution in [0, 0.1) is 27.7 Å². The van der Waals surface area contributed by atoms with Gasteiger partial charge in [0.25, 0.3) is 5.76 Å². The van der Waals surface area contributed by atoms with Crippen molar-refractivity contribution >= 4 is 16.9 Å². The second-order valence-electron chi connectivity index (χ2n) is 10.8. The number of carbonyl (C=O) groups excluding carboxylic acids is 1. The molecule has 0 radical (unpaired) electrons. The van der Waals surface area contributed by atoms with Crippen LogP contribution >= 0.6 is 0 Å². The lowest BCUT2D eigenvalue weighted by molar-refractivity contribution is -0.154. The summed E-state index contributed by atoms with van der Waals surface area (Å²) in [7, 11) is 0. The highest BCUT2D eigenvalue weighted by atomic mass is 19.4. The van der Waals surface area contributed by atoms with Crippen LogP contribution < -0.4 is 14.9 Å². The molecule has 0 saturated heterocycles. The van der Waals surface area contributed by atoms with Crippen LogP contribution in [-0.2, 0) is 12.7 Å². The molecule has 0 fully saturated rings. The van der Waals surface area contributed by atoms with Crippen molar-refractivity contribution in [1.29, 1.82) is 0 Å². The summed E-state index contributed by atoms with van der Waals surface area (Å²) in [6, 6.07) is 12.9. The molecule has 0 spiro atoms. The minimum atomic E-state index is -5.05. The van der Waals surface area contributed by atoms with E-state index in [1.807, 2.05) is 38.7 Å². The maximum atomic E-state index is 14.5. The number of ether oxygens (including phenoxy) is 2. The Balaban J connectivity index is 1.94. The summed E-state index contributed by atoms with van der Waals surface area (Å²) in [6.45, 7) is 12.6. The van der Waals surface area contributed by atoms with E-state index in [9.17, 15) is 22.8 Å². The fourth-order valence-corrected chi connectivity index (χ4v) is 4.99. The number of benzene rings is 3. The van der Waals surface area contributed by atoms with E-state index in [0.717, 1.165) is 29.5 Å². The number of hydrogen-bond acceptors (Lipinski definition) is 6. The Kier molecular flexibility index (Phi) is 9.65. The highest BCUT2D eigenvalue weighted by Crippen LogP contribution is 2.41. The zero-order valence-corrected chi connectivity index (χ0v) is 25.3. The predicted octanol–water partition coefficient (Wildman–Crippen LogP) is 8.68. The Morgan fingerprint density at radius 1 is 0.884 bits per heavy atom. The van der Waals surface area contributed by atoms with Crippen LogP contribution in [0.5, 0.6) is 17.2 Å². The Hall–Kier alpha value is -4.11. The fourth-order valence-electron chi connectivity index (χ4n) is 4.99. The van der Waals surface area contributed by atoms with Gasteiger partial charge in [-0.3, -0.25) is 9.69 Å². The quantitative estimate of drug-likeness (QED) is 0.135. The average molecular weight is 596 g/mol. The van der Waals surface area contributed by atoms with Crippen molar-refractivity contribution < 1.29 is 31.9 Å². The second kappa shape index (κ2) is 13.0. The summed E-state index contributed by atoms with van der Waals surface area (Å²) in [6.07, 6.45) is -3.48. The number of nitrogens with zero attached hydrogens (tertiary/aromatic N) is 1. The van der Waals surface area contributed by atoms with Gasteiger partial charge in [0.15, 0.2) is 0 Å². The van der Waals surface area contributed by atoms with Gasteiger partial charge in [-0.05, 0) is 101 Å². The summed E-state index contributed by atoms with van der Waals surface area (Å²) in [5.41, 5.74) is 2.32. The topological polar surface area (TPSA) is 69.0 Å². The first-order chi connectivity index (χ1) is 20.3. The molecule has 0 saturated carbocycles. The van der Waals surface area contributed by atoms with Gasteiger partial charge in [0.05, 0.1) is 16.5 Å². The Bertz CT molecular complexity index is 1680. The van der Waals surface area contributed by atoms with Crippen LogP contribution in [0.25, 0.3) is 11.0 Å². The van der Waals surface area contributed by atoms with Crippen molar-refractivity contribution in [3.8, 4) is 17.2 Å². The first-order valence-corrected chi connectivity index (χ1v) is 14.3. The van der Waals surface area contributed by atoms with Crippen LogP contribution in [0.4, 0.5) is 13.2 Å². The number of rotatable bonds is 10. The molecule has 0 bridgehead atoms. The highest BCUT2D eigenvalue weighted by Gasteiger charge is 2.41. The van der Waals surface area contributed by atoms with Gasteiger partial charge in [-0.2, -0.15) is 13.2 Å². The molecule has 43 heavy (non-hydrogen) atoms. The lowest BCUT2D eigenvalue weighted by Gasteiger charge is -2.23.